The van der Waals surface area contributed by atoms with Crippen LogP contribution in [0.5, 0.6) is 5.88 Å². The molecule has 2 aromatic carbocycles. The number of unbranched alkanes of at least 4 members (excludes halogenated alkanes) is 2. The van der Waals surface area contributed by atoms with Crippen molar-refractivity contribution in [2.24, 2.45) is 0 Å². The van der Waals surface area contributed by atoms with Crippen LogP contribution in [0.4, 0.5) is 4.39 Å². The molecule has 7 nitrogen and oxygen atoms in total. The Labute approximate surface area is 215 Å². The smallest absolute Gasteiger partial charge is 0.243 e. The van der Waals surface area contributed by atoms with Gasteiger partial charge in [-0.3, -0.25) is 9.89 Å². The minimum atomic E-state index is -0.465. The number of allylic oxidation sites excluding steroid dienone is 2. The summed E-state index contributed by atoms with van der Waals surface area (Å²) in [6.07, 6.45) is 9.99. The summed E-state index contributed by atoms with van der Waals surface area (Å²) in [5.74, 6) is -0.126. The predicted octanol–water partition coefficient (Wildman–Crippen LogP) is 5.71. The Hall–Kier alpha value is -4.33. The fraction of sp³-hybridized carbons (Fsp3) is 0.241. The first kappa shape index (κ1) is 25.8. The van der Waals surface area contributed by atoms with E-state index in [9.17, 15) is 9.18 Å². The van der Waals surface area contributed by atoms with E-state index >= 15 is 0 Å². The maximum absolute atomic E-state index is 14.3. The van der Waals surface area contributed by atoms with Gasteiger partial charge in [0.25, 0.3) is 0 Å². The minimum absolute atomic E-state index is 0.103. The summed E-state index contributed by atoms with van der Waals surface area (Å²) in [7, 11) is 1.61. The third kappa shape index (κ3) is 6.46. The highest BCUT2D eigenvalue weighted by molar-refractivity contribution is 5.99. The molecule has 0 unspecified atom stereocenters. The zero-order valence-electron chi connectivity index (χ0n) is 21.0. The van der Waals surface area contributed by atoms with E-state index in [2.05, 4.69) is 44.5 Å². The molecule has 37 heavy (non-hydrogen) atoms. The Kier molecular flexibility index (Phi) is 8.75. The monoisotopic (exact) mass is 499 g/mol. The number of nitrogens with one attached hydrogen (secondary N) is 2. The average Bonchev–Trinajstić information content (AvgIpc) is 3.31. The van der Waals surface area contributed by atoms with Gasteiger partial charge in [-0.05, 0) is 60.6 Å². The molecular formula is C29H30FN5O2. The number of aromatic amines is 1. The zero-order valence-corrected chi connectivity index (χ0v) is 21.0. The third-order valence-corrected chi connectivity index (χ3v) is 5.99. The number of aromatic nitrogens is 4. The van der Waals surface area contributed by atoms with E-state index in [4.69, 9.17) is 4.74 Å². The second kappa shape index (κ2) is 12.6. The Bertz CT molecular complexity index is 1400. The molecule has 0 radical (unpaired) electrons. The number of nitrogens with zero attached hydrogens (tertiary/aromatic N) is 3. The summed E-state index contributed by atoms with van der Waals surface area (Å²) in [5, 5.41) is 9.39. The fourth-order valence-corrected chi connectivity index (χ4v) is 4.11. The molecule has 1 amide bonds. The van der Waals surface area contributed by atoms with Gasteiger partial charge in [-0.1, -0.05) is 49.4 Å². The molecule has 4 aromatic rings. The maximum Gasteiger partial charge on any atom is 0.243 e. The van der Waals surface area contributed by atoms with Gasteiger partial charge in [0.1, 0.15) is 0 Å². The largest absolute Gasteiger partial charge is 0.477 e. The molecule has 0 aliphatic rings. The lowest BCUT2D eigenvalue weighted by molar-refractivity contribution is -0.116. The van der Waals surface area contributed by atoms with Crippen molar-refractivity contribution in [1.82, 2.24) is 25.5 Å². The Morgan fingerprint density at radius 2 is 1.92 bits per heavy atom. The topological polar surface area (TPSA) is 92.8 Å². The molecule has 0 saturated carbocycles. The molecule has 0 aliphatic carbocycles. The second-order valence-electron chi connectivity index (χ2n) is 8.44. The van der Waals surface area contributed by atoms with Crippen molar-refractivity contribution in [1.29, 1.82) is 0 Å². The second-order valence-corrected chi connectivity index (χ2v) is 8.44. The Balaban J connectivity index is 1.56. The summed E-state index contributed by atoms with van der Waals surface area (Å²) in [4.78, 5) is 20.4. The number of carbonyl (C=O) groups excluding carboxylic acids is 1. The Morgan fingerprint density at radius 1 is 1.08 bits per heavy atom. The molecule has 190 valence electrons. The lowest BCUT2D eigenvalue weighted by atomic mass is 9.90. The molecule has 2 heterocycles. The van der Waals surface area contributed by atoms with Crippen LogP contribution in [0.25, 0.3) is 22.0 Å². The van der Waals surface area contributed by atoms with Gasteiger partial charge < -0.3 is 10.1 Å². The van der Waals surface area contributed by atoms with Crippen molar-refractivity contribution in [2.75, 3.05) is 13.7 Å². The summed E-state index contributed by atoms with van der Waals surface area (Å²) in [5.41, 5.74) is 5.12. The summed E-state index contributed by atoms with van der Waals surface area (Å²) < 4.78 is 20.1. The number of amides is 1. The van der Waals surface area contributed by atoms with Gasteiger partial charge in [-0.2, -0.15) is 9.49 Å². The highest BCUT2D eigenvalue weighted by Gasteiger charge is 2.17. The van der Waals surface area contributed by atoms with Crippen LogP contribution in [-0.4, -0.2) is 39.7 Å². The van der Waals surface area contributed by atoms with Gasteiger partial charge in [0.2, 0.25) is 17.7 Å². The van der Waals surface area contributed by atoms with Gasteiger partial charge in [0, 0.05) is 12.6 Å². The highest BCUT2D eigenvalue weighted by Crippen LogP contribution is 2.34. The summed E-state index contributed by atoms with van der Waals surface area (Å²) in [6, 6.07) is 15.6. The van der Waals surface area contributed by atoms with Crippen LogP contribution < -0.4 is 10.1 Å². The summed E-state index contributed by atoms with van der Waals surface area (Å²) >= 11 is 0. The quantitative estimate of drug-likeness (QED) is 0.157. The molecule has 0 atom stereocenters. The van der Waals surface area contributed by atoms with Crippen molar-refractivity contribution in [2.45, 2.75) is 32.6 Å². The zero-order chi connectivity index (χ0) is 26.0. The normalized spacial score (nSPS) is 12.1. The van der Waals surface area contributed by atoms with Gasteiger partial charge in [-0.25, -0.2) is 9.97 Å². The number of H-pyrrole nitrogens is 1. The number of hydrogen-bond donors (Lipinski definition) is 2. The number of likely N-dealkylation sites (N-methyl/N-ethyl adjacent to an activating group) is 1. The molecule has 4 rings (SSSR count). The van der Waals surface area contributed by atoms with E-state index in [1.807, 2.05) is 30.3 Å². The van der Waals surface area contributed by atoms with Gasteiger partial charge in [0.15, 0.2) is 0 Å². The maximum atomic E-state index is 14.3. The number of halogens is 1. The highest BCUT2D eigenvalue weighted by atomic mass is 19.1. The van der Waals surface area contributed by atoms with E-state index in [1.165, 1.54) is 6.08 Å². The first-order valence-corrected chi connectivity index (χ1v) is 12.4. The predicted molar refractivity (Wildman–Crippen MR) is 143 cm³/mol. The number of ether oxygens (including phenoxy) is 1. The summed E-state index contributed by atoms with van der Waals surface area (Å²) in [6.45, 7) is 2.60. The molecule has 0 saturated heterocycles. The van der Waals surface area contributed by atoms with E-state index in [0.717, 1.165) is 48.0 Å². The third-order valence-electron chi connectivity index (χ3n) is 5.99. The Morgan fingerprint density at radius 3 is 2.65 bits per heavy atom. The van der Waals surface area contributed by atoms with Gasteiger partial charge in [-0.15, -0.1) is 0 Å². The molecule has 0 aliphatic heterocycles. The minimum Gasteiger partial charge on any atom is -0.477 e. The van der Waals surface area contributed by atoms with Crippen molar-refractivity contribution >= 4 is 28.0 Å². The number of hydrogen-bond acceptors (Lipinski definition) is 5. The van der Waals surface area contributed by atoms with E-state index in [-0.39, 0.29) is 5.91 Å². The lowest BCUT2D eigenvalue weighted by Gasteiger charge is -2.15. The van der Waals surface area contributed by atoms with Crippen LogP contribution >= 0.6 is 0 Å². The number of carbonyl (C=O) groups is 1. The molecule has 2 N–H and O–H groups in total. The molecule has 0 fully saturated rings. The van der Waals surface area contributed by atoms with Crippen molar-refractivity contribution in [3.8, 4) is 5.88 Å². The average molecular weight is 500 g/mol. The molecular weight excluding hydrogens is 469 g/mol. The van der Waals surface area contributed by atoms with Crippen LogP contribution in [0.1, 0.15) is 49.4 Å². The van der Waals surface area contributed by atoms with Crippen LogP contribution in [0, 0.1) is 5.95 Å². The first-order chi connectivity index (χ1) is 18.1. The molecule has 2 aromatic heterocycles. The van der Waals surface area contributed by atoms with Gasteiger partial charge >= 0.3 is 0 Å². The number of benzene rings is 2. The van der Waals surface area contributed by atoms with E-state index in [1.54, 1.807) is 31.6 Å². The van der Waals surface area contributed by atoms with E-state index in [0.29, 0.717) is 29.1 Å². The van der Waals surface area contributed by atoms with Crippen molar-refractivity contribution < 1.29 is 13.9 Å². The molecule has 0 spiro atoms. The van der Waals surface area contributed by atoms with Crippen LogP contribution in [0.3, 0.4) is 0 Å². The number of fused-ring (bicyclic) bond motifs is 1. The SMILES string of the molecule is CC/C(=C(\c1ccc2n[nH]c(F)c2c1)c1cnc(OCCCC/C=C/C(=O)NC)cn1)c1ccccc1. The van der Waals surface area contributed by atoms with Crippen molar-refractivity contribution in [3.63, 3.8) is 0 Å². The van der Waals surface area contributed by atoms with Crippen LogP contribution in [-0.2, 0) is 4.79 Å². The molecule has 8 heteroatoms. The number of rotatable bonds is 11. The van der Waals surface area contributed by atoms with Crippen LogP contribution in [0.2, 0.25) is 0 Å². The first-order valence-electron chi connectivity index (χ1n) is 12.4. The van der Waals surface area contributed by atoms with Crippen LogP contribution in [0.15, 0.2) is 73.1 Å². The standard InChI is InChI=1S/C29H30FN5O2/c1-3-22(20-11-7-6-8-12-20)28(21-14-15-24-23(17-21)29(30)35-34-24)25-18-33-27(19-32-25)37-16-10-5-4-9-13-26(36)31-2/h6-9,11-15,17-19H,3-5,10,16H2,1-2H3,(H,31,36)(H,34,35)/b13-9+,28-22-. The lowest BCUT2D eigenvalue weighted by Crippen LogP contribution is -2.13. The van der Waals surface area contributed by atoms with E-state index < -0.39 is 5.95 Å². The molecule has 0 bridgehead atoms. The fourth-order valence-electron chi connectivity index (χ4n) is 4.11. The van der Waals surface area contributed by atoms with Crippen molar-refractivity contribution in [3.05, 3.63) is 95.8 Å². The van der Waals surface area contributed by atoms with Gasteiger partial charge in [0.05, 0.1) is 35.6 Å².